The Balaban J connectivity index is 1.30. The van der Waals surface area contributed by atoms with Crippen LogP contribution in [-0.4, -0.2) is 99.6 Å². The molecule has 5 heterocycles. The molecule has 0 N–H and O–H groups in total. The molecule has 9 nitrogen and oxygen atoms in total. The lowest BCUT2D eigenvalue weighted by molar-refractivity contribution is 0.0638. The van der Waals surface area contributed by atoms with Crippen LogP contribution in [0.3, 0.4) is 0 Å². The van der Waals surface area contributed by atoms with Crippen molar-refractivity contribution in [1.29, 1.82) is 0 Å². The van der Waals surface area contributed by atoms with E-state index in [4.69, 9.17) is 9.72 Å². The molecule has 3 aromatic rings. The largest absolute Gasteiger partial charge is 0.481 e. The molecule has 0 radical (unpaired) electrons. The number of pyridine rings is 1. The second-order valence-electron chi connectivity index (χ2n) is 10.1. The van der Waals surface area contributed by atoms with Gasteiger partial charge in [0.1, 0.15) is 11.3 Å². The summed E-state index contributed by atoms with van der Waals surface area (Å²) in [4.78, 5) is 30.7. The minimum absolute atomic E-state index is 0.0150. The highest BCUT2D eigenvalue weighted by molar-refractivity contribution is 5.77. The lowest BCUT2D eigenvalue weighted by Gasteiger charge is -2.42. The van der Waals surface area contributed by atoms with Crippen molar-refractivity contribution in [3.05, 3.63) is 34.0 Å². The highest BCUT2D eigenvalue weighted by Gasteiger charge is 2.26. The van der Waals surface area contributed by atoms with Crippen LogP contribution in [0.2, 0.25) is 0 Å². The standard InChI is InChI=1S/C26H39N7O2/c1-5-22-27-19(2)24-26(34)32(21-7-8-23(35-4)28-25(21)33(22)24)12-6-11-30-15-17-31(18-16-30)20-9-13-29(3)14-10-20/h7-8,20H,5-6,9-18H2,1-4H3. The molecule has 0 amide bonds. The van der Waals surface area contributed by atoms with E-state index in [9.17, 15) is 4.79 Å². The summed E-state index contributed by atoms with van der Waals surface area (Å²) in [5.41, 5.74) is 2.98. The van der Waals surface area contributed by atoms with Gasteiger partial charge in [-0.2, -0.15) is 4.98 Å². The van der Waals surface area contributed by atoms with Crippen LogP contribution in [-0.2, 0) is 13.0 Å². The van der Waals surface area contributed by atoms with Gasteiger partial charge in [0.15, 0.2) is 5.65 Å². The predicted molar refractivity (Wildman–Crippen MR) is 139 cm³/mol. The number of aromatic nitrogens is 4. The van der Waals surface area contributed by atoms with E-state index >= 15 is 0 Å². The molecule has 2 aliphatic heterocycles. The first kappa shape index (κ1) is 24.2. The lowest BCUT2D eigenvalue weighted by Crippen LogP contribution is -2.53. The number of rotatable bonds is 7. The third-order valence-corrected chi connectivity index (χ3v) is 7.89. The maximum Gasteiger partial charge on any atom is 0.277 e. The number of ether oxygens (including phenoxy) is 1. The molecule has 2 fully saturated rings. The Labute approximate surface area is 207 Å². The SMILES string of the molecule is CCc1nc(C)c2c(=O)n(CCCN3CCN(C4CCN(C)CC4)CC3)c3ccc(OC)nc3n12. The van der Waals surface area contributed by atoms with E-state index in [-0.39, 0.29) is 5.56 Å². The van der Waals surface area contributed by atoms with Crippen LogP contribution in [0.15, 0.2) is 16.9 Å². The Morgan fingerprint density at radius 3 is 2.46 bits per heavy atom. The zero-order valence-corrected chi connectivity index (χ0v) is 21.7. The monoisotopic (exact) mass is 481 g/mol. The maximum atomic E-state index is 13.6. The number of aryl methyl sites for hydroxylation is 3. The predicted octanol–water partition coefficient (Wildman–Crippen LogP) is 2.03. The summed E-state index contributed by atoms with van der Waals surface area (Å²) < 4.78 is 9.21. The second kappa shape index (κ2) is 10.2. The summed E-state index contributed by atoms with van der Waals surface area (Å²) in [6, 6.07) is 4.54. The number of piperidine rings is 1. The van der Waals surface area contributed by atoms with Crippen molar-refractivity contribution >= 4 is 16.7 Å². The molecule has 2 aliphatic rings. The molecule has 0 aliphatic carbocycles. The molecule has 0 saturated carbocycles. The van der Waals surface area contributed by atoms with Crippen LogP contribution in [0.4, 0.5) is 0 Å². The fourth-order valence-corrected chi connectivity index (χ4v) is 5.84. The normalized spacial score (nSPS) is 19.2. The van der Waals surface area contributed by atoms with Gasteiger partial charge in [-0.3, -0.25) is 14.1 Å². The number of piperazine rings is 1. The van der Waals surface area contributed by atoms with Crippen molar-refractivity contribution in [3.63, 3.8) is 0 Å². The van der Waals surface area contributed by atoms with E-state index in [2.05, 4.69) is 33.7 Å². The summed E-state index contributed by atoms with van der Waals surface area (Å²) in [5, 5.41) is 0. The molecular weight excluding hydrogens is 442 g/mol. The third-order valence-electron chi connectivity index (χ3n) is 7.89. The number of methoxy groups -OCH3 is 1. The number of hydrogen-bond acceptors (Lipinski definition) is 7. The topological polar surface area (TPSA) is 71.1 Å². The number of imidazole rings is 1. The lowest BCUT2D eigenvalue weighted by atomic mass is 10.0. The minimum atomic E-state index is 0.0150. The van der Waals surface area contributed by atoms with Crippen LogP contribution in [0, 0.1) is 6.92 Å². The molecule has 0 bridgehead atoms. The van der Waals surface area contributed by atoms with Gasteiger partial charge in [0, 0.05) is 51.3 Å². The smallest absolute Gasteiger partial charge is 0.277 e. The molecule has 2 saturated heterocycles. The van der Waals surface area contributed by atoms with Gasteiger partial charge < -0.3 is 19.1 Å². The zero-order valence-electron chi connectivity index (χ0n) is 21.7. The number of fused-ring (bicyclic) bond motifs is 3. The van der Waals surface area contributed by atoms with Gasteiger partial charge >= 0.3 is 0 Å². The van der Waals surface area contributed by atoms with Crippen molar-refractivity contribution in [2.75, 3.05) is 60.0 Å². The Hall–Kier alpha value is -2.49. The highest BCUT2D eigenvalue weighted by atomic mass is 16.5. The Morgan fingerprint density at radius 1 is 1.03 bits per heavy atom. The molecule has 3 aromatic heterocycles. The highest BCUT2D eigenvalue weighted by Crippen LogP contribution is 2.21. The van der Waals surface area contributed by atoms with E-state index in [0.29, 0.717) is 17.9 Å². The van der Waals surface area contributed by atoms with Crippen molar-refractivity contribution < 1.29 is 4.74 Å². The van der Waals surface area contributed by atoms with E-state index in [0.717, 1.165) is 74.3 Å². The fraction of sp³-hybridized carbons (Fsp3) is 0.654. The van der Waals surface area contributed by atoms with E-state index in [1.165, 1.54) is 25.9 Å². The Morgan fingerprint density at radius 2 is 1.77 bits per heavy atom. The van der Waals surface area contributed by atoms with Crippen molar-refractivity contribution in [3.8, 4) is 5.88 Å². The number of hydrogen-bond donors (Lipinski definition) is 0. The van der Waals surface area contributed by atoms with Gasteiger partial charge in [0.2, 0.25) is 5.88 Å². The zero-order chi connectivity index (χ0) is 24.5. The summed E-state index contributed by atoms with van der Waals surface area (Å²) in [7, 11) is 3.85. The molecule has 0 spiro atoms. The fourth-order valence-electron chi connectivity index (χ4n) is 5.84. The average molecular weight is 482 g/mol. The Bertz CT molecular complexity index is 1230. The summed E-state index contributed by atoms with van der Waals surface area (Å²) in [6.45, 7) is 12.6. The van der Waals surface area contributed by atoms with Gasteiger partial charge in [0.25, 0.3) is 5.56 Å². The minimum Gasteiger partial charge on any atom is -0.481 e. The maximum absolute atomic E-state index is 13.6. The third kappa shape index (κ3) is 4.69. The van der Waals surface area contributed by atoms with Crippen molar-refractivity contribution in [2.45, 2.75) is 52.1 Å². The van der Waals surface area contributed by atoms with Gasteiger partial charge in [-0.05, 0) is 58.9 Å². The first-order valence-electron chi connectivity index (χ1n) is 13.1. The second-order valence-corrected chi connectivity index (χ2v) is 10.1. The molecule has 35 heavy (non-hydrogen) atoms. The van der Waals surface area contributed by atoms with Crippen molar-refractivity contribution in [2.24, 2.45) is 0 Å². The van der Waals surface area contributed by atoms with Crippen molar-refractivity contribution in [1.82, 2.24) is 33.6 Å². The van der Waals surface area contributed by atoms with Gasteiger partial charge in [-0.25, -0.2) is 4.98 Å². The Kier molecular flexibility index (Phi) is 7.09. The van der Waals surface area contributed by atoms with E-state index < -0.39 is 0 Å². The average Bonchev–Trinajstić information content (AvgIpc) is 3.23. The molecule has 5 rings (SSSR count). The van der Waals surface area contributed by atoms with Crippen LogP contribution in [0.1, 0.15) is 37.7 Å². The molecule has 0 aromatic carbocycles. The van der Waals surface area contributed by atoms with Crippen LogP contribution in [0.5, 0.6) is 5.88 Å². The molecule has 9 heteroatoms. The van der Waals surface area contributed by atoms with Crippen LogP contribution in [0.25, 0.3) is 16.7 Å². The molecule has 0 unspecified atom stereocenters. The number of nitrogens with zero attached hydrogens (tertiary/aromatic N) is 7. The van der Waals surface area contributed by atoms with Crippen LogP contribution >= 0.6 is 0 Å². The first-order chi connectivity index (χ1) is 17.0. The molecule has 190 valence electrons. The van der Waals surface area contributed by atoms with Gasteiger partial charge in [0.05, 0.1) is 18.3 Å². The summed E-state index contributed by atoms with van der Waals surface area (Å²) in [5.74, 6) is 1.40. The van der Waals surface area contributed by atoms with Gasteiger partial charge in [-0.15, -0.1) is 0 Å². The van der Waals surface area contributed by atoms with Gasteiger partial charge in [-0.1, -0.05) is 6.92 Å². The van der Waals surface area contributed by atoms with E-state index in [1.807, 2.05) is 28.0 Å². The van der Waals surface area contributed by atoms with Crippen LogP contribution < -0.4 is 10.3 Å². The summed E-state index contributed by atoms with van der Waals surface area (Å²) in [6.07, 6.45) is 4.25. The quantitative estimate of drug-likeness (QED) is 0.511. The molecule has 0 atom stereocenters. The number of likely N-dealkylation sites (tertiary alicyclic amines) is 1. The summed E-state index contributed by atoms with van der Waals surface area (Å²) >= 11 is 0. The first-order valence-corrected chi connectivity index (χ1v) is 13.1. The molecular formula is C26H39N7O2. The van der Waals surface area contributed by atoms with E-state index in [1.54, 1.807) is 7.11 Å².